The number of fused-ring (bicyclic) bond motifs is 2. The molecule has 40 heavy (non-hydrogen) atoms. The van der Waals surface area contributed by atoms with Gasteiger partial charge in [0.1, 0.15) is 5.82 Å². The van der Waals surface area contributed by atoms with Crippen LogP contribution in [0.3, 0.4) is 0 Å². The molecule has 0 aromatic carbocycles. The van der Waals surface area contributed by atoms with Gasteiger partial charge in [-0.05, 0) is 49.1 Å². The van der Waals surface area contributed by atoms with Crippen molar-refractivity contribution >= 4 is 22.8 Å². The fraction of sp³-hybridized carbons (Fsp3) is 0.407. The first-order chi connectivity index (χ1) is 19.1. The van der Waals surface area contributed by atoms with E-state index in [1.165, 1.54) is 12.3 Å². The fourth-order valence-corrected chi connectivity index (χ4v) is 6.10. The Hall–Kier alpha value is -3.29. The highest BCUT2D eigenvalue weighted by Gasteiger charge is 2.37. The second kappa shape index (κ2) is 11.3. The molecule has 212 valence electrons. The van der Waals surface area contributed by atoms with Gasteiger partial charge in [0.05, 0.1) is 36.3 Å². The van der Waals surface area contributed by atoms with Crippen LogP contribution >= 0.6 is 0 Å². The van der Waals surface area contributed by atoms with Crippen LogP contribution in [-0.2, 0) is 30.5 Å². The van der Waals surface area contributed by atoms with Crippen molar-refractivity contribution < 1.29 is 22.1 Å². The highest BCUT2D eigenvalue weighted by atomic mass is 32.2. The van der Waals surface area contributed by atoms with E-state index in [2.05, 4.69) is 27.0 Å². The van der Waals surface area contributed by atoms with Crippen LogP contribution in [0.5, 0.6) is 0 Å². The summed E-state index contributed by atoms with van der Waals surface area (Å²) >= 11 is -1.65. The molecule has 1 aliphatic rings. The van der Waals surface area contributed by atoms with E-state index < -0.39 is 29.2 Å². The Kier molecular flexibility index (Phi) is 7.98. The molecule has 0 saturated heterocycles. The van der Waals surface area contributed by atoms with Crippen LogP contribution in [-0.4, -0.2) is 53.1 Å². The molecule has 0 amide bonds. The molecule has 5 heterocycles. The van der Waals surface area contributed by atoms with E-state index in [1.807, 2.05) is 19.1 Å². The van der Waals surface area contributed by atoms with Crippen molar-refractivity contribution in [3.05, 3.63) is 76.4 Å². The summed E-state index contributed by atoms with van der Waals surface area (Å²) in [5.41, 5.74) is 3.84. The first-order valence-electron chi connectivity index (χ1n) is 13.0. The predicted octanol–water partition coefficient (Wildman–Crippen LogP) is 5.03. The van der Waals surface area contributed by atoms with E-state index in [0.717, 1.165) is 46.8 Å². The maximum absolute atomic E-state index is 14.1. The van der Waals surface area contributed by atoms with Crippen molar-refractivity contribution in [2.45, 2.75) is 57.7 Å². The Bertz CT molecular complexity index is 1530. The molecule has 8 nitrogen and oxygen atoms in total. The van der Waals surface area contributed by atoms with E-state index in [9.17, 15) is 22.1 Å². The molecule has 4 aromatic rings. The minimum Gasteiger partial charge on any atom is -0.593 e. The van der Waals surface area contributed by atoms with Crippen LogP contribution in [0.25, 0.3) is 5.65 Å². The summed E-state index contributed by atoms with van der Waals surface area (Å²) in [6.07, 6.45) is 0.168. The van der Waals surface area contributed by atoms with Crippen molar-refractivity contribution in [3.63, 3.8) is 0 Å². The zero-order chi connectivity index (χ0) is 28.6. The zero-order valence-corrected chi connectivity index (χ0v) is 23.2. The minimum absolute atomic E-state index is 0.143. The van der Waals surface area contributed by atoms with E-state index in [4.69, 9.17) is 4.98 Å². The topological polar surface area (TPSA) is 85.5 Å². The SMILES string of the molecule is CCCCN1CCN(Cc2nc(Cc3ccn4c(C(F)(F)F)nnc4c3C)ccc2C)[S+]([O-])c2cc(F)cnc21. The number of aryl methyl sites for hydroxylation is 2. The fourth-order valence-electron chi connectivity index (χ4n) is 4.79. The number of aromatic nitrogens is 5. The van der Waals surface area contributed by atoms with Crippen molar-refractivity contribution in [2.75, 3.05) is 24.5 Å². The van der Waals surface area contributed by atoms with Crippen molar-refractivity contribution in [1.29, 1.82) is 0 Å². The van der Waals surface area contributed by atoms with E-state index in [-0.39, 0.29) is 12.2 Å². The summed E-state index contributed by atoms with van der Waals surface area (Å²) < 4.78 is 70.2. The van der Waals surface area contributed by atoms with Gasteiger partial charge in [-0.25, -0.2) is 9.37 Å². The zero-order valence-electron chi connectivity index (χ0n) is 22.4. The van der Waals surface area contributed by atoms with Crippen LogP contribution in [0.1, 0.15) is 53.7 Å². The first-order valence-corrected chi connectivity index (χ1v) is 14.1. The third-order valence-corrected chi connectivity index (χ3v) is 8.53. The lowest BCUT2D eigenvalue weighted by atomic mass is 10.0. The average Bonchev–Trinajstić information content (AvgIpc) is 3.32. The monoisotopic (exact) mass is 575 g/mol. The molecule has 4 aromatic heterocycles. The summed E-state index contributed by atoms with van der Waals surface area (Å²) in [6, 6.07) is 6.71. The molecule has 0 saturated carbocycles. The van der Waals surface area contributed by atoms with Gasteiger partial charge in [0, 0.05) is 37.5 Å². The Labute approximate surface area is 232 Å². The van der Waals surface area contributed by atoms with Gasteiger partial charge in [-0.1, -0.05) is 19.4 Å². The molecule has 0 fully saturated rings. The summed E-state index contributed by atoms with van der Waals surface area (Å²) in [7, 11) is 0. The first kappa shape index (κ1) is 28.2. The predicted molar refractivity (Wildman–Crippen MR) is 143 cm³/mol. The van der Waals surface area contributed by atoms with Gasteiger partial charge in [-0.15, -0.1) is 14.5 Å². The number of unbranched alkanes of at least 4 members (excludes halogenated alkanes) is 1. The number of halogens is 4. The van der Waals surface area contributed by atoms with Crippen molar-refractivity contribution in [3.8, 4) is 0 Å². The maximum atomic E-state index is 14.1. The normalized spacial score (nSPS) is 16.4. The lowest BCUT2D eigenvalue weighted by molar-refractivity contribution is -0.145. The second-order valence-electron chi connectivity index (χ2n) is 9.85. The molecule has 0 radical (unpaired) electrons. The Morgan fingerprint density at radius 2 is 1.90 bits per heavy atom. The van der Waals surface area contributed by atoms with E-state index in [1.54, 1.807) is 17.3 Å². The van der Waals surface area contributed by atoms with E-state index in [0.29, 0.717) is 41.5 Å². The maximum Gasteiger partial charge on any atom is 0.452 e. The molecule has 13 heteroatoms. The van der Waals surface area contributed by atoms with Gasteiger partial charge in [0.2, 0.25) is 10.7 Å². The standard InChI is InChI=1S/C27H29F4N7OS/c1-4-5-9-36-11-12-37(40(39)23-14-20(28)15-32-25(23)36)16-22-17(2)6-7-21(33-22)13-19-8-10-38-24(18(19)3)34-35-26(38)27(29,30)31/h6-8,10,14-15H,4-5,9,11-13,16H2,1-3H3. The summed E-state index contributed by atoms with van der Waals surface area (Å²) in [5, 5.41) is 7.09. The van der Waals surface area contributed by atoms with Gasteiger partial charge < -0.3 is 9.45 Å². The summed E-state index contributed by atoms with van der Waals surface area (Å²) in [5.74, 6) is -1.06. The summed E-state index contributed by atoms with van der Waals surface area (Å²) in [4.78, 5) is 11.5. The van der Waals surface area contributed by atoms with Crippen LogP contribution in [0.2, 0.25) is 0 Å². The molecule has 0 spiro atoms. The highest BCUT2D eigenvalue weighted by molar-refractivity contribution is 7.89. The average molecular weight is 576 g/mol. The molecule has 0 N–H and O–H groups in total. The molecule has 1 aliphatic heterocycles. The van der Waals surface area contributed by atoms with Crippen LogP contribution in [0.15, 0.2) is 41.6 Å². The number of nitrogens with zero attached hydrogens (tertiary/aromatic N) is 7. The largest absolute Gasteiger partial charge is 0.593 e. The minimum atomic E-state index is -4.61. The molecular weight excluding hydrogens is 546 g/mol. The van der Waals surface area contributed by atoms with E-state index >= 15 is 0 Å². The van der Waals surface area contributed by atoms with Gasteiger partial charge in [0.15, 0.2) is 11.5 Å². The number of anilines is 1. The van der Waals surface area contributed by atoms with Crippen molar-refractivity contribution in [2.24, 2.45) is 0 Å². The van der Waals surface area contributed by atoms with Crippen LogP contribution < -0.4 is 4.90 Å². The second-order valence-corrected chi connectivity index (χ2v) is 11.3. The molecule has 1 atom stereocenters. The Balaban J connectivity index is 1.40. The number of hydrogen-bond acceptors (Lipinski definition) is 7. The lowest BCUT2D eigenvalue weighted by Gasteiger charge is -2.22. The van der Waals surface area contributed by atoms with Gasteiger partial charge in [0.25, 0.3) is 0 Å². The number of pyridine rings is 3. The van der Waals surface area contributed by atoms with Crippen LogP contribution in [0, 0.1) is 19.7 Å². The Morgan fingerprint density at radius 3 is 2.65 bits per heavy atom. The molecule has 0 aliphatic carbocycles. The van der Waals surface area contributed by atoms with Gasteiger partial charge in [-0.3, -0.25) is 9.38 Å². The number of hydrogen-bond donors (Lipinski definition) is 0. The lowest BCUT2D eigenvalue weighted by Crippen LogP contribution is -2.35. The van der Waals surface area contributed by atoms with Gasteiger partial charge in [-0.2, -0.15) is 13.2 Å². The highest BCUT2D eigenvalue weighted by Crippen LogP contribution is 2.32. The third-order valence-electron chi connectivity index (χ3n) is 7.07. The molecule has 0 bridgehead atoms. The molecule has 1 unspecified atom stereocenters. The molecular formula is C27H29F4N7OS. The number of rotatable bonds is 7. The van der Waals surface area contributed by atoms with Gasteiger partial charge >= 0.3 is 6.18 Å². The Morgan fingerprint density at radius 1 is 1.10 bits per heavy atom. The quantitative estimate of drug-likeness (QED) is 0.226. The smallest absolute Gasteiger partial charge is 0.452 e. The van der Waals surface area contributed by atoms with Crippen molar-refractivity contribution in [1.82, 2.24) is 28.9 Å². The van der Waals surface area contributed by atoms with Crippen LogP contribution in [0.4, 0.5) is 23.4 Å². The summed E-state index contributed by atoms with van der Waals surface area (Å²) in [6.45, 7) is 7.80. The third kappa shape index (κ3) is 5.63. The number of alkyl halides is 3. The molecule has 5 rings (SSSR count).